The number of nitrogens with zero attached hydrogens (tertiary/aromatic N) is 2. The van der Waals surface area contributed by atoms with Crippen molar-refractivity contribution >= 4 is 27.7 Å². The Morgan fingerprint density at radius 3 is 2.11 bits per heavy atom. The van der Waals surface area contributed by atoms with Gasteiger partial charge in [-0.2, -0.15) is 9.37 Å². The second-order valence-electron chi connectivity index (χ2n) is 6.80. The van der Waals surface area contributed by atoms with Crippen LogP contribution in [0.2, 0.25) is 0 Å². The van der Waals surface area contributed by atoms with Gasteiger partial charge < -0.3 is 14.9 Å². The highest BCUT2D eigenvalue weighted by Gasteiger charge is 2.33. The van der Waals surface area contributed by atoms with Gasteiger partial charge in [0.2, 0.25) is 5.91 Å². The Bertz CT molecular complexity index is 756. The van der Waals surface area contributed by atoms with Gasteiger partial charge in [-0.05, 0) is 45.0 Å². The first-order valence-electron chi connectivity index (χ1n) is 8.25. The lowest BCUT2D eigenvalue weighted by atomic mass is 10.2. The number of rotatable bonds is 7. The van der Waals surface area contributed by atoms with Gasteiger partial charge in [0.15, 0.2) is 0 Å². The highest BCUT2D eigenvalue weighted by Crippen LogP contribution is 2.21. The molecule has 0 radical (unpaired) electrons. The van der Waals surface area contributed by atoms with Crippen molar-refractivity contribution < 1.29 is 27.6 Å². The highest BCUT2D eigenvalue weighted by atomic mass is 32.2. The van der Waals surface area contributed by atoms with E-state index >= 15 is 0 Å². The van der Waals surface area contributed by atoms with Crippen LogP contribution in [0.15, 0.2) is 29.2 Å². The molecule has 1 aromatic rings. The molecule has 0 aliphatic carbocycles. The van der Waals surface area contributed by atoms with E-state index in [9.17, 15) is 18.0 Å². The van der Waals surface area contributed by atoms with Gasteiger partial charge in [-0.15, -0.1) is 0 Å². The lowest BCUT2D eigenvalue weighted by Gasteiger charge is -2.28. The van der Waals surface area contributed by atoms with Crippen molar-refractivity contribution in [3.8, 4) is 0 Å². The van der Waals surface area contributed by atoms with Crippen molar-refractivity contribution in [1.82, 2.24) is 9.37 Å². The number of hydroxylamine groups is 2. The Morgan fingerprint density at radius 1 is 1.11 bits per heavy atom. The first kappa shape index (κ1) is 22.9. The van der Waals surface area contributed by atoms with E-state index in [1.54, 1.807) is 27.8 Å². The molecule has 0 spiro atoms. The summed E-state index contributed by atoms with van der Waals surface area (Å²) in [5, 5.41) is 3.95. The first-order chi connectivity index (χ1) is 12.4. The summed E-state index contributed by atoms with van der Waals surface area (Å²) in [4.78, 5) is 28.5. The number of anilines is 1. The Hall–Kier alpha value is -2.17. The van der Waals surface area contributed by atoms with Crippen LogP contribution in [-0.2, 0) is 24.4 Å². The minimum atomic E-state index is -4.16. The number of hydrogen-bond acceptors (Lipinski definition) is 7. The van der Waals surface area contributed by atoms with E-state index in [-0.39, 0.29) is 23.9 Å². The summed E-state index contributed by atoms with van der Waals surface area (Å²) in [7, 11) is -1.11. The molecule has 27 heavy (non-hydrogen) atoms. The van der Waals surface area contributed by atoms with Gasteiger partial charge in [0.25, 0.3) is 10.0 Å². The molecular weight excluding hydrogens is 374 g/mol. The highest BCUT2D eigenvalue weighted by molar-refractivity contribution is 7.89. The summed E-state index contributed by atoms with van der Waals surface area (Å²) in [5.74, 6) is -0.274. The van der Waals surface area contributed by atoms with Crippen molar-refractivity contribution in [3.63, 3.8) is 0 Å². The first-order valence-corrected chi connectivity index (χ1v) is 9.69. The average Bonchev–Trinajstić information content (AvgIpc) is 2.52. The number of carbonyl (C=O) groups is 2. The van der Waals surface area contributed by atoms with Gasteiger partial charge >= 0.3 is 6.09 Å². The molecule has 2 amide bonds. The number of nitrogens with one attached hydrogen (secondary N) is 1. The van der Waals surface area contributed by atoms with Crippen LogP contribution in [0.25, 0.3) is 0 Å². The van der Waals surface area contributed by atoms with E-state index < -0.39 is 21.7 Å². The summed E-state index contributed by atoms with van der Waals surface area (Å²) in [6, 6.07) is 5.53. The molecule has 0 fully saturated rings. The van der Waals surface area contributed by atoms with E-state index in [1.165, 1.54) is 43.4 Å². The van der Waals surface area contributed by atoms with Crippen molar-refractivity contribution in [3.05, 3.63) is 24.3 Å². The van der Waals surface area contributed by atoms with Crippen LogP contribution in [0, 0.1) is 0 Å². The predicted molar refractivity (Wildman–Crippen MR) is 101 cm³/mol. The van der Waals surface area contributed by atoms with Crippen LogP contribution in [0.4, 0.5) is 10.5 Å². The number of sulfonamides is 1. The van der Waals surface area contributed by atoms with Crippen molar-refractivity contribution in [1.29, 1.82) is 0 Å². The van der Waals surface area contributed by atoms with Crippen LogP contribution >= 0.6 is 0 Å². The van der Waals surface area contributed by atoms with Gasteiger partial charge in [0.1, 0.15) is 5.60 Å². The fourth-order valence-electron chi connectivity index (χ4n) is 1.99. The molecule has 0 saturated carbocycles. The zero-order valence-corrected chi connectivity index (χ0v) is 17.3. The molecule has 0 unspecified atom stereocenters. The van der Waals surface area contributed by atoms with Crippen LogP contribution < -0.4 is 5.32 Å². The molecular formula is C17H27N3O6S. The molecule has 0 bridgehead atoms. The zero-order valence-electron chi connectivity index (χ0n) is 16.5. The number of ether oxygens (including phenoxy) is 1. The maximum absolute atomic E-state index is 13.0. The molecule has 152 valence electrons. The standard InChI is InChI=1S/C17H27N3O6S/c1-13(21)18-14-7-9-15(10-8-14)27(23,24)20(12-11-19(5)25-6)16(22)26-17(2,3)4/h7-10H,11-12H2,1-6H3,(H,18,21). The molecule has 0 heterocycles. The average molecular weight is 401 g/mol. The lowest BCUT2D eigenvalue weighted by molar-refractivity contribution is -0.114. The minimum absolute atomic E-state index is 0.0949. The number of hydrogen-bond donors (Lipinski definition) is 1. The third kappa shape index (κ3) is 7.16. The maximum atomic E-state index is 13.0. The van der Waals surface area contributed by atoms with Crippen molar-refractivity contribution in [2.75, 3.05) is 32.6 Å². The number of benzene rings is 1. The second-order valence-corrected chi connectivity index (χ2v) is 8.66. The van der Waals surface area contributed by atoms with Gasteiger partial charge in [-0.1, -0.05) is 0 Å². The predicted octanol–water partition coefficient (Wildman–Crippen LogP) is 2.06. The minimum Gasteiger partial charge on any atom is -0.443 e. The van der Waals surface area contributed by atoms with E-state index in [1.807, 2.05) is 0 Å². The molecule has 0 atom stereocenters. The normalized spacial score (nSPS) is 12.0. The maximum Gasteiger partial charge on any atom is 0.424 e. The van der Waals surface area contributed by atoms with E-state index in [2.05, 4.69) is 5.32 Å². The van der Waals surface area contributed by atoms with E-state index in [0.29, 0.717) is 9.99 Å². The molecule has 1 rings (SSSR count). The Kier molecular flexibility index (Phi) is 7.76. The van der Waals surface area contributed by atoms with Gasteiger partial charge in [-0.25, -0.2) is 13.2 Å². The van der Waals surface area contributed by atoms with E-state index in [0.717, 1.165) is 0 Å². The van der Waals surface area contributed by atoms with Crippen LogP contribution in [0.1, 0.15) is 27.7 Å². The van der Waals surface area contributed by atoms with Crippen LogP contribution in [0.5, 0.6) is 0 Å². The van der Waals surface area contributed by atoms with Gasteiger partial charge in [0, 0.05) is 26.2 Å². The second kappa shape index (κ2) is 9.16. The van der Waals surface area contributed by atoms with E-state index in [4.69, 9.17) is 9.57 Å². The largest absolute Gasteiger partial charge is 0.443 e. The Morgan fingerprint density at radius 2 is 1.67 bits per heavy atom. The summed E-state index contributed by atoms with van der Waals surface area (Å²) in [6.45, 7) is 6.30. The van der Waals surface area contributed by atoms with Gasteiger partial charge in [0.05, 0.1) is 18.6 Å². The summed E-state index contributed by atoms with van der Waals surface area (Å²) in [6.07, 6.45) is -0.974. The number of carbonyl (C=O) groups excluding carboxylic acids is 2. The molecule has 1 N–H and O–H groups in total. The number of likely N-dealkylation sites (N-methyl/N-ethyl adjacent to an activating group) is 1. The molecule has 9 nitrogen and oxygen atoms in total. The quantitative estimate of drug-likeness (QED) is 0.697. The van der Waals surface area contributed by atoms with Crippen LogP contribution in [-0.4, -0.2) is 62.6 Å². The Balaban J connectivity index is 3.16. The van der Waals surface area contributed by atoms with Crippen molar-refractivity contribution in [2.24, 2.45) is 0 Å². The fraction of sp³-hybridized carbons (Fsp3) is 0.529. The Labute approximate surface area is 160 Å². The fourth-order valence-corrected chi connectivity index (χ4v) is 3.28. The van der Waals surface area contributed by atoms with Crippen LogP contribution in [0.3, 0.4) is 0 Å². The molecule has 1 aromatic carbocycles. The summed E-state index contributed by atoms with van der Waals surface area (Å²) in [5.41, 5.74) is -0.405. The molecule has 10 heteroatoms. The smallest absolute Gasteiger partial charge is 0.424 e. The van der Waals surface area contributed by atoms with Crippen molar-refractivity contribution in [2.45, 2.75) is 38.2 Å². The topological polar surface area (TPSA) is 105 Å². The summed E-state index contributed by atoms with van der Waals surface area (Å²) >= 11 is 0. The molecule has 0 aliphatic rings. The third-order valence-electron chi connectivity index (χ3n) is 3.29. The molecule has 0 saturated heterocycles. The number of amides is 2. The molecule has 0 aliphatic heterocycles. The summed E-state index contributed by atoms with van der Waals surface area (Å²) < 4.78 is 31.9. The SMILES string of the molecule is CON(C)CCN(C(=O)OC(C)(C)C)S(=O)(=O)c1ccc(NC(C)=O)cc1. The molecule has 0 aromatic heterocycles. The lowest BCUT2D eigenvalue weighted by Crippen LogP contribution is -2.44. The van der Waals surface area contributed by atoms with Gasteiger partial charge in [-0.3, -0.25) is 4.79 Å². The third-order valence-corrected chi connectivity index (χ3v) is 5.07. The monoisotopic (exact) mass is 401 g/mol. The zero-order chi connectivity index (χ0) is 20.8.